The van der Waals surface area contributed by atoms with Crippen LogP contribution < -0.4 is 16.0 Å². The Morgan fingerprint density at radius 3 is 2.66 bits per heavy atom. The molecule has 3 heterocycles. The van der Waals surface area contributed by atoms with Crippen molar-refractivity contribution in [1.82, 2.24) is 30.3 Å². The van der Waals surface area contributed by atoms with Crippen molar-refractivity contribution in [3.8, 4) is 0 Å². The van der Waals surface area contributed by atoms with Gasteiger partial charge in [0, 0.05) is 26.0 Å². The van der Waals surface area contributed by atoms with Gasteiger partial charge in [-0.15, -0.1) is 0 Å². The van der Waals surface area contributed by atoms with Crippen LogP contribution in [0.2, 0.25) is 0 Å². The van der Waals surface area contributed by atoms with E-state index in [9.17, 15) is 27.6 Å². The number of aryl methyl sites for hydroxylation is 2. The van der Waals surface area contributed by atoms with Crippen LogP contribution in [-0.4, -0.2) is 70.2 Å². The summed E-state index contributed by atoms with van der Waals surface area (Å²) < 4.78 is 49.3. The number of hydrogen-bond acceptors (Lipinski definition) is 6. The smallest absolute Gasteiger partial charge is 0.318 e. The largest absolute Gasteiger partial charge is 0.382 e. The lowest BCUT2D eigenvalue weighted by Crippen LogP contribution is -2.58. The minimum Gasteiger partial charge on any atom is -0.382 e. The Bertz CT molecular complexity index is 1430. The van der Waals surface area contributed by atoms with Crippen LogP contribution >= 0.6 is 0 Å². The number of ether oxygens (including phenoxy) is 1. The number of carbonyl (C=O) groups is 3. The van der Waals surface area contributed by atoms with Crippen LogP contribution in [0.1, 0.15) is 46.2 Å². The highest BCUT2D eigenvalue weighted by Gasteiger charge is 2.42. The van der Waals surface area contributed by atoms with Crippen molar-refractivity contribution in [3.05, 3.63) is 77.0 Å². The molecule has 0 bridgehead atoms. The summed E-state index contributed by atoms with van der Waals surface area (Å²) >= 11 is 0. The van der Waals surface area contributed by atoms with Gasteiger partial charge < -0.3 is 25.6 Å². The van der Waals surface area contributed by atoms with Crippen LogP contribution in [0.25, 0.3) is 0 Å². The summed E-state index contributed by atoms with van der Waals surface area (Å²) in [4.78, 5) is 44.1. The van der Waals surface area contributed by atoms with E-state index in [-0.39, 0.29) is 23.7 Å². The zero-order valence-electron chi connectivity index (χ0n) is 22.7. The van der Waals surface area contributed by atoms with E-state index in [1.807, 2.05) is 0 Å². The second kappa shape index (κ2) is 12.4. The molecule has 1 fully saturated rings. The molecule has 1 aliphatic heterocycles. The number of alkyl halides is 2. The first-order chi connectivity index (χ1) is 19.5. The van der Waals surface area contributed by atoms with Gasteiger partial charge in [-0.2, -0.15) is 5.10 Å². The average molecular weight is 574 g/mol. The minimum absolute atomic E-state index is 0.0169. The minimum atomic E-state index is -3.15. The Morgan fingerprint density at radius 2 is 1.95 bits per heavy atom. The first kappa shape index (κ1) is 29.5. The molecule has 0 unspecified atom stereocenters. The van der Waals surface area contributed by atoms with Gasteiger partial charge in [0.05, 0.1) is 25.7 Å². The molecule has 1 aliphatic rings. The summed E-state index contributed by atoms with van der Waals surface area (Å²) in [5.74, 6) is -5.04. The second-order valence-electron chi connectivity index (χ2n) is 9.52. The number of pyridine rings is 1. The lowest BCUT2D eigenvalue weighted by atomic mass is 10.0. The van der Waals surface area contributed by atoms with E-state index in [4.69, 9.17) is 4.74 Å². The molecule has 11 nitrogen and oxygen atoms in total. The molecule has 0 aliphatic carbocycles. The summed E-state index contributed by atoms with van der Waals surface area (Å²) in [6.07, 6.45) is 2.79. The number of urea groups is 1. The van der Waals surface area contributed by atoms with Gasteiger partial charge in [0.25, 0.3) is 17.7 Å². The maximum atomic E-state index is 14.5. The summed E-state index contributed by atoms with van der Waals surface area (Å²) in [5.41, 5.74) is 1.12. The first-order valence-corrected chi connectivity index (χ1v) is 12.8. The molecule has 0 spiro atoms. The third-order valence-electron chi connectivity index (χ3n) is 6.60. The van der Waals surface area contributed by atoms with Gasteiger partial charge in [-0.1, -0.05) is 12.1 Å². The van der Waals surface area contributed by atoms with Gasteiger partial charge >= 0.3 is 6.03 Å². The number of amides is 4. The average Bonchev–Trinajstić information content (AvgIpc) is 3.43. The number of anilines is 1. The summed E-state index contributed by atoms with van der Waals surface area (Å²) in [5, 5.41) is 11.5. The maximum absolute atomic E-state index is 14.5. The molecule has 4 amide bonds. The molecule has 41 heavy (non-hydrogen) atoms. The molecule has 3 N–H and O–H groups in total. The number of nitrogens with one attached hydrogen (secondary N) is 3. The van der Waals surface area contributed by atoms with Gasteiger partial charge in [-0.25, -0.2) is 22.9 Å². The number of hydrogen-bond donors (Lipinski definition) is 3. The molecule has 1 aromatic carbocycles. The van der Waals surface area contributed by atoms with Crippen LogP contribution in [-0.2, 0) is 16.1 Å². The van der Waals surface area contributed by atoms with Crippen molar-refractivity contribution in [1.29, 1.82) is 0 Å². The number of halogens is 3. The molecule has 14 heteroatoms. The van der Waals surface area contributed by atoms with E-state index >= 15 is 0 Å². The van der Waals surface area contributed by atoms with Gasteiger partial charge in [-0.05, 0) is 54.8 Å². The molecule has 2 aromatic heterocycles. The highest BCUT2D eigenvalue weighted by molar-refractivity contribution is 6.00. The highest BCUT2D eigenvalue weighted by atomic mass is 19.3. The Hall–Kier alpha value is -4.46. The van der Waals surface area contributed by atoms with Crippen molar-refractivity contribution < 1.29 is 32.3 Å². The predicted molar refractivity (Wildman–Crippen MR) is 142 cm³/mol. The molecule has 0 saturated carbocycles. The number of carbonyl (C=O) groups excluding carboxylic acids is 3. The summed E-state index contributed by atoms with van der Waals surface area (Å²) in [6.45, 7) is 2.08. The number of benzene rings is 1. The lowest BCUT2D eigenvalue weighted by Gasteiger charge is -2.38. The van der Waals surface area contributed by atoms with Crippen LogP contribution in [0.15, 0.2) is 48.8 Å². The van der Waals surface area contributed by atoms with Crippen LogP contribution in [0, 0.1) is 12.7 Å². The molecule has 0 radical (unpaired) electrons. The molecular formula is C27H30F3N7O4. The van der Waals surface area contributed by atoms with Gasteiger partial charge in [-0.3, -0.25) is 14.3 Å². The van der Waals surface area contributed by atoms with Gasteiger partial charge in [0.1, 0.15) is 23.4 Å². The third-order valence-corrected chi connectivity index (χ3v) is 6.60. The number of aromatic nitrogens is 3. The fourth-order valence-electron chi connectivity index (χ4n) is 4.45. The lowest BCUT2D eigenvalue weighted by molar-refractivity contribution is -0.118. The molecular weight excluding hydrogens is 543 g/mol. The highest BCUT2D eigenvalue weighted by Crippen LogP contribution is 2.29. The third kappa shape index (κ3) is 6.82. The fourth-order valence-corrected chi connectivity index (χ4v) is 4.45. The van der Waals surface area contributed by atoms with E-state index in [0.29, 0.717) is 17.7 Å². The van der Waals surface area contributed by atoms with E-state index in [0.717, 1.165) is 11.0 Å². The Morgan fingerprint density at radius 1 is 1.17 bits per heavy atom. The zero-order chi connectivity index (χ0) is 29.7. The van der Waals surface area contributed by atoms with Crippen molar-refractivity contribution >= 4 is 23.7 Å². The summed E-state index contributed by atoms with van der Waals surface area (Å²) in [7, 11) is 1.37. The number of methoxy groups -OCH3 is 1. The fraction of sp³-hybridized carbons (Fsp3) is 0.370. The molecule has 4 rings (SSSR count). The van der Waals surface area contributed by atoms with E-state index in [1.54, 1.807) is 13.8 Å². The Balaban J connectivity index is 1.62. The first-order valence-electron chi connectivity index (χ1n) is 12.8. The normalized spacial score (nSPS) is 16.0. The molecule has 2 atom stereocenters. The molecule has 1 saturated heterocycles. The molecule has 218 valence electrons. The van der Waals surface area contributed by atoms with Crippen molar-refractivity contribution in [2.24, 2.45) is 0 Å². The number of rotatable bonds is 10. The predicted octanol–water partition coefficient (Wildman–Crippen LogP) is 3.20. The second-order valence-corrected chi connectivity index (χ2v) is 9.52. The van der Waals surface area contributed by atoms with Crippen molar-refractivity contribution in [2.75, 3.05) is 32.1 Å². The van der Waals surface area contributed by atoms with Crippen LogP contribution in [0.4, 0.5) is 23.8 Å². The van der Waals surface area contributed by atoms with Crippen molar-refractivity contribution in [3.63, 3.8) is 0 Å². The van der Waals surface area contributed by atoms with E-state index in [1.165, 1.54) is 54.5 Å². The monoisotopic (exact) mass is 573 g/mol. The van der Waals surface area contributed by atoms with Crippen molar-refractivity contribution in [2.45, 2.75) is 38.4 Å². The van der Waals surface area contributed by atoms with Gasteiger partial charge in [0.2, 0.25) is 0 Å². The van der Waals surface area contributed by atoms with Gasteiger partial charge in [0.15, 0.2) is 0 Å². The van der Waals surface area contributed by atoms with Crippen LogP contribution in [0.3, 0.4) is 0 Å². The summed E-state index contributed by atoms with van der Waals surface area (Å²) in [6, 6.07) is 5.66. The molecule has 3 aromatic rings. The van der Waals surface area contributed by atoms with E-state index in [2.05, 4.69) is 26.0 Å². The van der Waals surface area contributed by atoms with E-state index < -0.39 is 54.8 Å². The van der Waals surface area contributed by atoms with Crippen LogP contribution in [0.5, 0.6) is 0 Å². The SMILES string of the molecule is CCn1nccc1C(=O)N[C@H](C(=O)Nc1cc([C@@H](COC)N2CC(F)(F)CNC2=O)ccn1)c1ccc(C)c(F)c1. The zero-order valence-corrected chi connectivity index (χ0v) is 22.7. The number of nitrogens with zero attached hydrogens (tertiary/aromatic N) is 4. The quantitative estimate of drug-likeness (QED) is 0.342. The standard InChI is InChI=1S/C27H30F3N7O4/c1-4-37-20(8-10-33-37)24(38)35-23(18-6-5-16(2)19(28)11-18)25(39)34-22-12-17(7-9-31-22)21(13-41-3)36-15-27(29,30)14-32-26(36)40/h5-12,21,23H,4,13-15H2,1-3H3,(H,32,40)(H,35,38)(H,31,34,39)/t21-,23+/m1/s1. The topological polar surface area (TPSA) is 130 Å². The Kier molecular flexibility index (Phi) is 8.91. The Labute approximate surface area is 234 Å². The maximum Gasteiger partial charge on any atom is 0.318 e.